The summed E-state index contributed by atoms with van der Waals surface area (Å²) < 4.78 is 25.4. The molecule has 1 aliphatic heterocycles. The molecule has 0 aliphatic carbocycles. The first-order valence-corrected chi connectivity index (χ1v) is 10.8. The summed E-state index contributed by atoms with van der Waals surface area (Å²) in [5.41, 5.74) is 5.05. The molecule has 1 aromatic carbocycles. The molecule has 1 aliphatic rings. The molecule has 7 heteroatoms. The van der Waals surface area contributed by atoms with Gasteiger partial charge in [-0.1, -0.05) is 17.7 Å². The van der Waals surface area contributed by atoms with Crippen molar-refractivity contribution in [3.05, 3.63) is 46.8 Å². The largest absolute Gasteiger partial charge is 0.266 e. The number of hydrogen-bond donors (Lipinski definition) is 0. The van der Waals surface area contributed by atoms with Crippen molar-refractivity contribution in [3.63, 3.8) is 0 Å². The van der Waals surface area contributed by atoms with Gasteiger partial charge in [0.05, 0.1) is 35.1 Å². The Bertz CT molecular complexity index is 914. The monoisotopic (exact) mass is 374 g/mol. The standard InChI is InChI=1S/C19H26N4O2S/c1-5-22(17-8-6-14(2)7-9-17)20-12-19-15(3)21-23(16(19)4)18-10-11-26(24,25)13-18/h6-9,12,18H,5,10-11,13H2,1-4H3/b20-12-/t18-/m0/s1. The minimum atomic E-state index is -2.94. The van der Waals surface area contributed by atoms with Gasteiger partial charge in [-0.2, -0.15) is 10.2 Å². The molecule has 0 spiro atoms. The molecule has 1 fully saturated rings. The maximum atomic E-state index is 11.8. The second kappa shape index (κ2) is 7.23. The minimum Gasteiger partial charge on any atom is -0.266 e. The molecule has 2 aromatic rings. The van der Waals surface area contributed by atoms with E-state index < -0.39 is 9.84 Å². The van der Waals surface area contributed by atoms with Gasteiger partial charge in [-0.05, 0) is 46.2 Å². The van der Waals surface area contributed by atoms with Crippen LogP contribution in [0.4, 0.5) is 5.69 Å². The lowest BCUT2D eigenvalue weighted by Crippen LogP contribution is -2.16. The van der Waals surface area contributed by atoms with Crippen LogP contribution in [0, 0.1) is 20.8 Å². The fraction of sp³-hybridized carbons (Fsp3) is 0.474. The summed E-state index contributed by atoms with van der Waals surface area (Å²) in [7, 11) is -2.94. The Balaban J connectivity index is 1.85. The smallest absolute Gasteiger partial charge is 0.152 e. The Morgan fingerprint density at radius 3 is 2.54 bits per heavy atom. The van der Waals surface area contributed by atoms with E-state index in [1.54, 1.807) is 0 Å². The van der Waals surface area contributed by atoms with Crippen LogP contribution < -0.4 is 5.01 Å². The SMILES string of the molecule is CCN(/N=C\c1c(C)nn([C@H]2CCS(=O)(=O)C2)c1C)c1ccc(C)cc1. The summed E-state index contributed by atoms with van der Waals surface area (Å²) in [5, 5.41) is 11.2. The van der Waals surface area contributed by atoms with Crippen molar-refractivity contribution in [2.24, 2.45) is 5.10 Å². The normalized spacial score (nSPS) is 19.3. The Hall–Kier alpha value is -2.15. The van der Waals surface area contributed by atoms with Gasteiger partial charge in [0.25, 0.3) is 0 Å². The lowest BCUT2D eigenvalue weighted by Gasteiger charge is -2.17. The molecule has 3 rings (SSSR count). The van der Waals surface area contributed by atoms with Crippen LogP contribution >= 0.6 is 0 Å². The van der Waals surface area contributed by atoms with Crippen LogP contribution in [-0.2, 0) is 9.84 Å². The number of anilines is 1. The maximum Gasteiger partial charge on any atom is 0.152 e. The van der Waals surface area contributed by atoms with E-state index in [9.17, 15) is 8.42 Å². The van der Waals surface area contributed by atoms with Crippen LogP contribution in [0.3, 0.4) is 0 Å². The Morgan fingerprint density at radius 1 is 1.27 bits per heavy atom. The van der Waals surface area contributed by atoms with Crippen LogP contribution in [0.1, 0.15) is 41.9 Å². The summed E-state index contributed by atoms with van der Waals surface area (Å²) in [6.07, 6.45) is 2.46. The van der Waals surface area contributed by atoms with Crippen LogP contribution in [0.25, 0.3) is 0 Å². The molecular weight excluding hydrogens is 348 g/mol. The van der Waals surface area contributed by atoms with E-state index in [4.69, 9.17) is 0 Å². The number of sulfone groups is 1. The summed E-state index contributed by atoms with van der Waals surface area (Å²) >= 11 is 0. The first-order chi connectivity index (χ1) is 12.3. The van der Waals surface area contributed by atoms with Crippen molar-refractivity contribution in [2.45, 2.75) is 40.2 Å². The van der Waals surface area contributed by atoms with E-state index in [0.717, 1.165) is 29.2 Å². The first-order valence-electron chi connectivity index (χ1n) is 8.95. The number of hydrogen-bond acceptors (Lipinski definition) is 5. The fourth-order valence-electron chi connectivity index (χ4n) is 3.36. The predicted molar refractivity (Wildman–Crippen MR) is 106 cm³/mol. The fourth-order valence-corrected chi connectivity index (χ4v) is 5.05. The van der Waals surface area contributed by atoms with Gasteiger partial charge in [-0.25, -0.2) is 8.42 Å². The molecule has 0 amide bonds. The number of aromatic nitrogens is 2. The molecule has 140 valence electrons. The quantitative estimate of drug-likeness (QED) is 0.596. The van der Waals surface area contributed by atoms with Crippen LogP contribution in [-0.4, -0.2) is 42.5 Å². The summed E-state index contributed by atoms with van der Waals surface area (Å²) in [6.45, 7) is 8.80. The van der Waals surface area contributed by atoms with Gasteiger partial charge in [-0.15, -0.1) is 0 Å². The van der Waals surface area contributed by atoms with Gasteiger partial charge < -0.3 is 0 Å². The highest BCUT2D eigenvalue weighted by Gasteiger charge is 2.31. The maximum absolute atomic E-state index is 11.8. The van der Waals surface area contributed by atoms with Gasteiger partial charge in [0.1, 0.15) is 0 Å². The molecule has 0 bridgehead atoms. The van der Waals surface area contributed by atoms with Crippen molar-refractivity contribution in [2.75, 3.05) is 23.1 Å². The highest BCUT2D eigenvalue weighted by molar-refractivity contribution is 7.91. The second-order valence-electron chi connectivity index (χ2n) is 6.88. The van der Waals surface area contributed by atoms with E-state index in [1.807, 2.05) is 29.8 Å². The molecule has 0 N–H and O–H groups in total. The lowest BCUT2D eigenvalue weighted by atomic mass is 10.2. The zero-order valence-electron chi connectivity index (χ0n) is 15.8. The number of rotatable bonds is 5. The molecule has 1 saturated heterocycles. The highest BCUT2D eigenvalue weighted by Crippen LogP contribution is 2.26. The molecule has 2 heterocycles. The van der Waals surface area contributed by atoms with Gasteiger partial charge in [0.15, 0.2) is 9.84 Å². The average Bonchev–Trinajstić information content (AvgIpc) is 3.09. The third-order valence-corrected chi connectivity index (χ3v) is 6.64. The molecule has 0 unspecified atom stereocenters. The molecular formula is C19H26N4O2S. The molecule has 0 saturated carbocycles. The van der Waals surface area contributed by atoms with Gasteiger partial charge in [0.2, 0.25) is 0 Å². The Kier molecular flexibility index (Phi) is 5.18. The predicted octanol–water partition coefficient (Wildman–Crippen LogP) is 3.03. The van der Waals surface area contributed by atoms with Crippen LogP contribution in [0.15, 0.2) is 29.4 Å². The van der Waals surface area contributed by atoms with Gasteiger partial charge >= 0.3 is 0 Å². The number of nitrogens with zero attached hydrogens (tertiary/aromatic N) is 4. The summed E-state index contributed by atoms with van der Waals surface area (Å²) in [4.78, 5) is 0. The van der Waals surface area contributed by atoms with Crippen molar-refractivity contribution in [1.82, 2.24) is 9.78 Å². The molecule has 1 aromatic heterocycles. The molecule has 6 nitrogen and oxygen atoms in total. The van der Waals surface area contributed by atoms with Crippen molar-refractivity contribution >= 4 is 21.7 Å². The zero-order chi connectivity index (χ0) is 18.9. The summed E-state index contributed by atoms with van der Waals surface area (Å²) in [5.74, 6) is 0.423. The van der Waals surface area contributed by atoms with Crippen molar-refractivity contribution < 1.29 is 8.42 Å². The molecule has 26 heavy (non-hydrogen) atoms. The van der Waals surface area contributed by atoms with E-state index >= 15 is 0 Å². The topological polar surface area (TPSA) is 67.6 Å². The first kappa shape index (κ1) is 18.6. The number of aryl methyl sites for hydroxylation is 2. The van der Waals surface area contributed by atoms with Gasteiger partial charge in [-0.3, -0.25) is 9.69 Å². The third-order valence-electron chi connectivity index (χ3n) is 4.89. The van der Waals surface area contributed by atoms with Crippen LogP contribution in [0.2, 0.25) is 0 Å². The van der Waals surface area contributed by atoms with E-state index in [1.165, 1.54) is 5.56 Å². The lowest BCUT2D eigenvalue weighted by molar-refractivity contribution is 0.486. The Morgan fingerprint density at radius 2 is 1.96 bits per heavy atom. The van der Waals surface area contributed by atoms with Crippen molar-refractivity contribution in [3.8, 4) is 0 Å². The minimum absolute atomic E-state index is 0.0692. The highest BCUT2D eigenvalue weighted by atomic mass is 32.2. The van der Waals surface area contributed by atoms with Crippen LogP contribution in [0.5, 0.6) is 0 Å². The summed E-state index contributed by atoms with van der Waals surface area (Å²) in [6, 6.07) is 8.19. The van der Waals surface area contributed by atoms with E-state index in [2.05, 4.69) is 48.3 Å². The molecule has 1 atom stereocenters. The second-order valence-corrected chi connectivity index (χ2v) is 9.11. The Labute approximate surface area is 155 Å². The van der Waals surface area contributed by atoms with E-state index in [-0.39, 0.29) is 17.5 Å². The van der Waals surface area contributed by atoms with Crippen molar-refractivity contribution in [1.29, 1.82) is 0 Å². The average molecular weight is 375 g/mol. The zero-order valence-corrected chi connectivity index (χ0v) is 16.6. The number of hydrazone groups is 1. The van der Waals surface area contributed by atoms with Gasteiger partial charge in [0, 0.05) is 17.8 Å². The number of benzene rings is 1. The molecule has 0 radical (unpaired) electrons. The van der Waals surface area contributed by atoms with E-state index in [0.29, 0.717) is 6.42 Å². The third kappa shape index (κ3) is 3.82.